The van der Waals surface area contributed by atoms with Gasteiger partial charge in [0.25, 0.3) is 5.69 Å². The molecule has 0 fully saturated rings. The van der Waals surface area contributed by atoms with Crippen molar-refractivity contribution >= 4 is 11.7 Å². The molecule has 1 rings (SSSR count). The minimum atomic E-state index is -0.972. The number of carbonyl (C=O) groups is 1. The summed E-state index contributed by atoms with van der Waals surface area (Å²) >= 11 is 0. The Morgan fingerprint density at radius 3 is 2.68 bits per heavy atom. The maximum absolute atomic E-state index is 11.0. The first-order valence-electron chi connectivity index (χ1n) is 7.04. The molecule has 22 heavy (non-hydrogen) atoms. The average molecular weight is 310 g/mol. The number of carboxylic acids is 1. The number of nitrogens with one attached hydrogen (secondary N) is 2. The maximum atomic E-state index is 11.0. The van der Waals surface area contributed by atoms with E-state index in [2.05, 4.69) is 10.6 Å². The van der Waals surface area contributed by atoms with Crippen LogP contribution < -0.4 is 16.4 Å². The van der Waals surface area contributed by atoms with Crippen molar-refractivity contribution in [3.63, 3.8) is 0 Å². The van der Waals surface area contributed by atoms with Crippen LogP contribution in [0.4, 0.5) is 5.69 Å². The van der Waals surface area contributed by atoms with Gasteiger partial charge in [-0.1, -0.05) is 18.2 Å². The van der Waals surface area contributed by atoms with E-state index in [0.29, 0.717) is 25.1 Å². The SMILES string of the molecule is CC(N)CNCC(Cc1ccccc1[N+](=O)[O-])NCC(=O)O. The maximum Gasteiger partial charge on any atom is 0.317 e. The molecule has 0 bridgehead atoms. The van der Waals surface area contributed by atoms with E-state index in [1.807, 2.05) is 6.92 Å². The number of hydrogen-bond acceptors (Lipinski definition) is 6. The summed E-state index contributed by atoms with van der Waals surface area (Å²) in [4.78, 5) is 21.3. The van der Waals surface area contributed by atoms with Gasteiger partial charge in [-0.15, -0.1) is 0 Å². The first-order valence-corrected chi connectivity index (χ1v) is 7.04. The molecule has 1 aromatic carbocycles. The molecule has 0 radical (unpaired) electrons. The second kappa shape index (κ2) is 9.08. The van der Waals surface area contributed by atoms with E-state index in [-0.39, 0.29) is 24.3 Å². The summed E-state index contributed by atoms with van der Waals surface area (Å²) in [6.07, 6.45) is 0.358. The van der Waals surface area contributed by atoms with Crippen molar-refractivity contribution in [2.75, 3.05) is 19.6 Å². The van der Waals surface area contributed by atoms with Crippen molar-refractivity contribution in [1.29, 1.82) is 0 Å². The zero-order valence-electron chi connectivity index (χ0n) is 12.5. The number of benzene rings is 1. The van der Waals surface area contributed by atoms with Crippen LogP contribution in [-0.2, 0) is 11.2 Å². The molecule has 0 aliphatic heterocycles. The van der Waals surface area contributed by atoms with E-state index < -0.39 is 10.9 Å². The number of nitrogens with zero attached hydrogens (tertiary/aromatic N) is 1. The van der Waals surface area contributed by atoms with E-state index in [0.717, 1.165) is 0 Å². The normalized spacial score (nSPS) is 13.5. The van der Waals surface area contributed by atoms with Crippen molar-refractivity contribution in [3.05, 3.63) is 39.9 Å². The van der Waals surface area contributed by atoms with Crippen molar-refractivity contribution in [2.45, 2.75) is 25.4 Å². The standard InChI is InChI=1S/C14H22N4O4/c1-10(15)7-16-8-12(17-9-14(19)20)6-11-4-2-3-5-13(11)18(21)22/h2-5,10,12,16-17H,6-9,15H2,1H3,(H,19,20). The van der Waals surface area contributed by atoms with Crippen LogP contribution in [0, 0.1) is 10.1 Å². The highest BCUT2D eigenvalue weighted by Gasteiger charge is 2.18. The lowest BCUT2D eigenvalue weighted by Gasteiger charge is -2.19. The summed E-state index contributed by atoms with van der Waals surface area (Å²) in [7, 11) is 0. The summed E-state index contributed by atoms with van der Waals surface area (Å²) in [6, 6.07) is 6.20. The molecule has 8 nitrogen and oxygen atoms in total. The Morgan fingerprint density at radius 1 is 1.41 bits per heavy atom. The van der Waals surface area contributed by atoms with Crippen LogP contribution in [0.25, 0.3) is 0 Å². The van der Waals surface area contributed by atoms with Crippen molar-refractivity contribution in [2.24, 2.45) is 5.73 Å². The summed E-state index contributed by atoms with van der Waals surface area (Å²) in [6.45, 7) is 2.71. The van der Waals surface area contributed by atoms with Crippen LogP contribution in [0.3, 0.4) is 0 Å². The number of nitro benzene ring substituents is 1. The van der Waals surface area contributed by atoms with Crippen LogP contribution in [0.5, 0.6) is 0 Å². The van der Waals surface area contributed by atoms with Crippen molar-refractivity contribution in [3.8, 4) is 0 Å². The first kappa shape index (κ1) is 18.0. The Balaban J connectivity index is 2.74. The van der Waals surface area contributed by atoms with Gasteiger partial charge in [0.1, 0.15) is 0 Å². The average Bonchev–Trinajstić information content (AvgIpc) is 2.44. The minimum absolute atomic E-state index is 0.0221. The van der Waals surface area contributed by atoms with Gasteiger partial charge < -0.3 is 21.5 Å². The molecule has 0 amide bonds. The molecule has 0 saturated carbocycles. The van der Waals surface area contributed by atoms with Crippen LogP contribution >= 0.6 is 0 Å². The lowest BCUT2D eigenvalue weighted by Crippen LogP contribution is -2.44. The molecule has 5 N–H and O–H groups in total. The fourth-order valence-corrected chi connectivity index (χ4v) is 2.06. The third kappa shape index (κ3) is 6.61. The third-order valence-electron chi connectivity index (χ3n) is 3.05. The first-order chi connectivity index (χ1) is 10.4. The molecular weight excluding hydrogens is 288 g/mol. The minimum Gasteiger partial charge on any atom is -0.480 e. The highest BCUT2D eigenvalue weighted by Crippen LogP contribution is 2.19. The largest absolute Gasteiger partial charge is 0.480 e. The third-order valence-corrected chi connectivity index (χ3v) is 3.05. The van der Waals surface area contributed by atoms with E-state index in [1.165, 1.54) is 6.07 Å². The Labute approximate surface area is 128 Å². The Morgan fingerprint density at radius 2 is 2.09 bits per heavy atom. The number of para-hydroxylation sites is 1. The van der Waals surface area contributed by atoms with Crippen molar-refractivity contribution < 1.29 is 14.8 Å². The monoisotopic (exact) mass is 310 g/mol. The van der Waals surface area contributed by atoms with Gasteiger partial charge in [0, 0.05) is 36.8 Å². The predicted octanol–water partition coefficient (Wildman–Crippen LogP) is 0.117. The number of aliphatic carboxylic acids is 1. The molecule has 0 aliphatic rings. The van der Waals surface area contributed by atoms with Crippen LogP contribution in [0.1, 0.15) is 12.5 Å². The van der Waals surface area contributed by atoms with Crippen LogP contribution in [0.2, 0.25) is 0 Å². The summed E-state index contributed by atoms with van der Waals surface area (Å²) in [5, 5.41) is 25.8. The fourth-order valence-electron chi connectivity index (χ4n) is 2.06. The molecule has 0 spiro atoms. The van der Waals surface area contributed by atoms with Gasteiger partial charge >= 0.3 is 5.97 Å². The highest BCUT2D eigenvalue weighted by molar-refractivity contribution is 5.69. The van der Waals surface area contributed by atoms with Gasteiger partial charge in [-0.3, -0.25) is 14.9 Å². The quantitative estimate of drug-likeness (QED) is 0.356. The van der Waals surface area contributed by atoms with E-state index in [4.69, 9.17) is 10.8 Å². The van der Waals surface area contributed by atoms with Gasteiger partial charge in [0.2, 0.25) is 0 Å². The number of nitro groups is 1. The van der Waals surface area contributed by atoms with Crippen molar-refractivity contribution in [1.82, 2.24) is 10.6 Å². The Kier molecular flexibility index (Phi) is 7.44. The van der Waals surface area contributed by atoms with Gasteiger partial charge in [-0.05, 0) is 13.3 Å². The molecular formula is C14H22N4O4. The Hall–Kier alpha value is -2.03. The molecule has 8 heteroatoms. The van der Waals surface area contributed by atoms with E-state index >= 15 is 0 Å². The summed E-state index contributed by atoms with van der Waals surface area (Å²) < 4.78 is 0. The fraction of sp³-hybridized carbons (Fsp3) is 0.500. The zero-order valence-corrected chi connectivity index (χ0v) is 12.5. The topological polar surface area (TPSA) is 131 Å². The van der Waals surface area contributed by atoms with Gasteiger partial charge in [-0.2, -0.15) is 0 Å². The van der Waals surface area contributed by atoms with Crippen LogP contribution in [-0.4, -0.2) is 47.7 Å². The number of hydrogen-bond donors (Lipinski definition) is 4. The number of rotatable bonds is 10. The molecule has 2 atom stereocenters. The lowest BCUT2D eigenvalue weighted by molar-refractivity contribution is -0.385. The zero-order chi connectivity index (χ0) is 16.5. The smallest absolute Gasteiger partial charge is 0.317 e. The summed E-state index contributed by atoms with van der Waals surface area (Å²) in [5.41, 5.74) is 6.26. The van der Waals surface area contributed by atoms with Gasteiger partial charge in [0.15, 0.2) is 0 Å². The molecule has 2 unspecified atom stereocenters. The molecule has 0 aliphatic carbocycles. The summed E-state index contributed by atoms with van der Waals surface area (Å²) in [5.74, 6) is -0.972. The predicted molar refractivity (Wildman–Crippen MR) is 82.7 cm³/mol. The van der Waals surface area contributed by atoms with Gasteiger partial charge in [-0.25, -0.2) is 0 Å². The molecule has 0 aromatic heterocycles. The number of carboxylic acid groups (broad SMARTS) is 1. The number of nitrogens with two attached hydrogens (primary N) is 1. The van der Waals surface area contributed by atoms with E-state index in [9.17, 15) is 14.9 Å². The van der Waals surface area contributed by atoms with Gasteiger partial charge in [0.05, 0.1) is 11.5 Å². The Bertz CT molecular complexity index is 507. The van der Waals surface area contributed by atoms with E-state index in [1.54, 1.807) is 18.2 Å². The second-order valence-corrected chi connectivity index (χ2v) is 5.20. The molecule has 0 saturated heterocycles. The molecule has 1 aromatic rings. The van der Waals surface area contributed by atoms with Crippen LogP contribution in [0.15, 0.2) is 24.3 Å². The lowest BCUT2D eigenvalue weighted by atomic mass is 10.0. The second-order valence-electron chi connectivity index (χ2n) is 5.20. The molecule has 122 valence electrons. The highest BCUT2D eigenvalue weighted by atomic mass is 16.6. The molecule has 0 heterocycles.